The first-order valence-electron chi connectivity index (χ1n) is 7.54. The molecule has 1 saturated heterocycles. The lowest BCUT2D eigenvalue weighted by Crippen LogP contribution is -2.58. The van der Waals surface area contributed by atoms with Crippen LogP contribution in [-0.2, 0) is 0 Å². The molecule has 0 atom stereocenters. The molecule has 3 rings (SSSR count). The summed E-state index contributed by atoms with van der Waals surface area (Å²) in [6.45, 7) is 6.30. The number of benzene rings is 1. The zero-order valence-electron chi connectivity index (χ0n) is 12.4. The number of hydrogen-bond acceptors (Lipinski definition) is 1. The summed E-state index contributed by atoms with van der Waals surface area (Å²) >= 11 is 4.83. The van der Waals surface area contributed by atoms with Gasteiger partial charge in [0.15, 0.2) is 0 Å². The van der Waals surface area contributed by atoms with Crippen LogP contribution in [0.15, 0.2) is 18.2 Å². The molecule has 108 valence electrons. The van der Waals surface area contributed by atoms with Gasteiger partial charge < -0.3 is 10.0 Å². The van der Waals surface area contributed by atoms with Gasteiger partial charge in [0.1, 0.15) is 0 Å². The molecule has 1 aromatic carbocycles. The number of hydrogen-bond donors (Lipinski definition) is 1. The fourth-order valence-corrected chi connectivity index (χ4v) is 4.15. The number of aryl methyl sites for hydroxylation is 2. The van der Waals surface area contributed by atoms with Crippen molar-refractivity contribution in [3.05, 3.63) is 34.9 Å². The SMILES string of the molecule is Cc1cc(C)cc(C2CCC3(CC2)CN(C(O)=S)C3)c1. The summed E-state index contributed by atoms with van der Waals surface area (Å²) in [5, 5.41) is 9.41. The minimum atomic E-state index is 0.0760. The van der Waals surface area contributed by atoms with Gasteiger partial charge in [0.25, 0.3) is 5.17 Å². The average molecular weight is 289 g/mol. The molecule has 1 N–H and O–H groups in total. The van der Waals surface area contributed by atoms with Gasteiger partial charge in [-0.15, -0.1) is 0 Å². The standard InChI is InChI=1S/C17H23NOS/c1-12-7-13(2)9-15(8-12)14-3-5-17(6-4-14)10-18(11-17)16(19)20/h7-9,14H,3-6,10-11H2,1-2H3,(H,19,20). The van der Waals surface area contributed by atoms with Gasteiger partial charge in [0, 0.05) is 18.5 Å². The highest BCUT2D eigenvalue weighted by molar-refractivity contribution is 7.79. The molecule has 2 fully saturated rings. The van der Waals surface area contributed by atoms with Gasteiger partial charge in [-0.25, -0.2) is 0 Å². The summed E-state index contributed by atoms with van der Waals surface area (Å²) in [6.07, 6.45) is 5.08. The Morgan fingerprint density at radius 2 is 1.70 bits per heavy atom. The van der Waals surface area contributed by atoms with Crippen LogP contribution in [0.2, 0.25) is 0 Å². The van der Waals surface area contributed by atoms with Crippen LogP contribution in [0.3, 0.4) is 0 Å². The van der Waals surface area contributed by atoms with Gasteiger partial charge in [-0.1, -0.05) is 29.3 Å². The molecule has 0 amide bonds. The topological polar surface area (TPSA) is 23.5 Å². The molecule has 0 bridgehead atoms. The van der Waals surface area contributed by atoms with Crippen LogP contribution in [0, 0.1) is 19.3 Å². The molecular weight excluding hydrogens is 266 g/mol. The van der Waals surface area contributed by atoms with Crippen molar-refractivity contribution in [1.29, 1.82) is 0 Å². The summed E-state index contributed by atoms with van der Waals surface area (Å²) in [5.41, 5.74) is 4.70. The lowest BCUT2D eigenvalue weighted by atomic mass is 9.65. The third kappa shape index (κ3) is 2.56. The van der Waals surface area contributed by atoms with Crippen LogP contribution in [0.4, 0.5) is 0 Å². The molecule has 0 aromatic heterocycles. The summed E-state index contributed by atoms with van der Waals surface area (Å²) in [5.74, 6) is 0.717. The average Bonchev–Trinajstić information content (AvgIpc) is 2.34. The second-order valence-corrected chi connectivity index (χ2v) is 7.20. The Bertz CT molecular complexity index is 504. The molecule has 1 spiro atoms. The number of nitrogens with zero attached hydrogens (tertiary/aromatic N) is 1. The molecule has 2 aliphatic rings. The Labute approximate surface area is 126 Å². The van der Waals surface area contributed by atoms with Crippen LogP contribution in [-0.4, -0.2) is 28.3 Å². The van der Waals surface area contributed by atoms with Crippen molar-refractivity contribution in [3.63, 3.8) is 0 Å². The fourth-order valence-electron chi connectivity index (χ4n) is 4.02. The number of aliphatic hydroxyl groups excluding tert-OH is 1. The summed E-state index contributed by atoms with van der Waals surface area (Å²) in [7, 11) is 0. The Morgan fingerprint density at radius 3 is 2.20 bits per heavy atom. The van der Waals surface area contributed by atoms with Crippen molar-refractivity contribution in [3.8, 4) is 0 Å². The molecule has 0 radical (unpaired) electrons. The van der Waals surface area contributed by atoms with Crippen molar-refractivity contribution in [2.45, 2.75) is 45.4 Å². The largest absolute Gasteiger partial charge is 0.486 e. The zero-order chi connectivity index (χ0) is 14.3. The summed E-state index contributed by atoms with van der Waals surface area (Å²) in [4.78, 5) is 1.92. The van der Waals surface area contributed by atoms with Crippen molar-refractivity contribution in [2.75, 3.05) is 13.1 Å². The van der Waals surface area contributed by atoms with Crippen LogP contribution >= 0.6 is 12.2 Å². The van der Waals surface area contributed by atoms with Crippen molar-refractivity contribution < 1.29 is 5.11 Å². The van der Waals surface area contributed by atoms with E-state index in [0.29, 0.717) is 11.3 Å². The van der Waals surface area contributed by atoms with Gasteiger partial charge in [0.2, 0.25) is 0 Å². The molecule has 3 heteroatoms. The van der Waals surface area contributed by atoms with E-state index in [-0.39, 0.29) is 5.17 Å². The van der Waals surface area contributed by atoms with E-state index in [2.05, 4.69) is 32.0 Å². The predicted octanol–water partition coefficient (Wildman–Crippen LogP) is 4.11. The molecule has 1 aliphatic carbocycles. The normalized spacial score (nSPS) is 21.8. The Morgan fingerprint density at radius 1 is 1.15 bits per heavy atom. The van der Waals surface area contributed by atoms with Crippen molar-refractivity contribution in [2.24, 2.45) is 5.41 Å². The van der Waals surface area contributed by atoms with Gasteiger partial charge in [-0.3, -0.25) is 0 Å². The molecule has 1 aromatic rings. The fraction of sp³-hybridized carbons (Fsp3) is 0.588. The number of likely N-dealkylation sites (tertiary alicyclic amines) is 1. The first-order valence-corrected chi connectivity index (χ1v) is 7.94. The van der Waals surface area contributed by atoms with E-state index in [1.165, 1.54) is 42.4 Å². The Hall–Kier alpha value is -1.09. The number of thiocarbonyl (C=S) groups is 1. The van der Waals surface area contributed by atoms with Gasteiger partial charge in [0.05, 0.1) is 0 Å². The maximum Gasteiger partial charge on any atom is 0.256 e. The van der Waals surface area contributed by atoms with Crippen LogP contribution in [0.5, 0.6) is 0 Å². The van der Waals surface area contributed by atoms with Gasteiger partial charge in [-0.05, 0) is 63.2 Å². The van der Waals surface area contributed by atoms with E-state index in [0.717, 1.165) is 13.1 Å². The van der Waals surface area contributed by atoms with Crippen LogP contribution < -0.4 is 0 Å². The molecule has 20 heavy (non-hydrogen) atoms. The van der Waals surface area contributed by atoms with E-state index < -0.39 is 0 Å². The molecule has 1 heterocycles. The van der Waals surface area contributed by atoms with Crippen molar-refractivity contribution >= 4 is 17.4 Å². The highest BCUT2D eigenvalue weighted by atomic mass is 32.1. The first-order chi connectivity index (χ1) is 9.47. The number of aliphatic hydroxyl groups is 1. The van der Waals surface area contributed by atoms with E-state index in [1.54, 1.807) is 0 Å². The molecule has 2 nitrogen and oxygen atoms in total. The van der Waals surface area contributed by atoms with E-state index in [1.807, 2.05) is 4.90 Å². The predicted molar refractivity (Wildman–Crippen MR) is 86.4 cm³/mol. The lowest BCUT2D eigenvalue weighted by molar-refractivity contribution is 0.00687. The lowest BCUT2D eigenvalue weighted by Gasteiger charge is -2.53. The Balaban J connectivity index is 1.63. The Kier molecular flexibility index (Phi) is 3.49. The first kappa shape index (κ1) is 13.9. The zero-order valence-corrected chi connectivity index (χ0v) is 13.2. The third-order valence-electron chi connectivity index (χ3n) is 5.08. The second-order valence-electron chi connectivity index (χ2n) is 6.83. The number of rotatable bonds is 1. The van der Waals surface area contributed by atoms with E-state index in [9.17, 15) is 5.11 Å². The minimum Gasteiger partial charge on any atom is -0.486 e. The van der Waals surface area contributed by atoms with Crippen LogP contribution in [0.1, 0.15) is 48.3 Å². The maximum atomic E-state index is 9.33. The third-order valence-corrected chi connectivity index (χ3v) is 5.34. The van der Waals surface area contributed by atoms with Gasteiger partial charge >= 0.3 is 0 Å². The highest BCUT2D eigenvalue weighted by Crippen LogP contribution is 2.48. The van der Waals surface area contributed by atoms with Gasteiger partial charge in [-0.2, -0.15) is 0 Å². The quantitative estimate of drug-likeness (QED) is 0.787. The molecule has 0 unspecified atom stereocenters. The monoisotopic (exact) mass is 289 g/mol. The van der Waals surface area contributed by atoms with Crippen LogP contribution in [0.25, 0.3) is 0 Å². The second kappa shape index (κ2) is 5.03. The molecule has 1 saturated carbocycles. The van der Waals surface area contributed by atoms with E-state index in [4.69, 9.17) is 12.2 Å². The maximum absolute atomic E-state index is 9.33. The molecular formula is C17H23NOS. The summed E-state index contributed by atoms with van der Waals surface area (Å²) in [6, 6.07) is 6.96. The smallest absolute Gasteiger partial charge is 0.256 e. The van der Waals surface area contributed by atoms with Crippen molar-refractivity contribution in [1.82, 2.24) is 4.90 Å². The minimum absolute atomic E-state index is 0.0760. The molecule has 1 aliphatic heterocycles. The van der Waals surface area contributed by atoms with E-state index >= 15 is 0 Å². The summed E-state index contributed by atoms with van der Waals surface area (Å²) < 4.78 is 0. The highest BCUT2D eigenvalue weighted by Gasteiger charge is 2.46.